The Balaban J connectivity index is 1.22. The molecule has 0 bridgehead atoms. The van der Waals surface area contributed by atoms with E-state index in [0.29, 0.717) is 0 Å². The average molecular weight is 1290 g/mol. The fraction of sp³-hybridized carbons (Fsp3) is 0.896. The Morgan fingerprint density at radius 1 is 0.477 bits per heavy atom. The molecule has 32 atom stereocenters. The first-order valence-corrected chi connectivity index (χ1v) is 27.4. The Bertz CT molecular complexity index is 2320. The summed E-state index contributed by atoms with van der Waals surface area (Å²) in [6, 6.07) is -5.52. The van der Waals surface area contributed by atoms with Gasteiger partial charge in [-0.1, -0.05) is 0 Å². The number of nitrogens with one attached hydrogen (secondary N) is 3. The molecule has 508 valence electrons. The van der Waals surface area contributed by atoms with Crippen LogP contribution in [0.15, 0.2) is 0 Å². The number of aliphatic hydroxyl groups is 19. The van der Waals surface area contributed by atoms with Gasteiger partial charge >= 0.3 is 11.9 Å². The van der Waals surface area contributed by atoms with Gasteiger partial charge in [-0.2, -0.15) is 0 Å². The lowest BCUT2D eigenvalue weighted by Gasteiger charge is -2.50. The van der Waals surface area contributed by atoms with E-state index in [1.54, 1.807) is 0 Å². The molecule has 6 heterocycles. The summed E-state index contributed by atoms with van der Waals surface area (Å²) < 4.78 is 62.0. The van der Waals surface area contributed by atoms with Crippen molar-refractivity contribution < 1.29 is 183 Å². The second kappa shape index (κ2) is 30.7. The smallest absolute Gasteiger partial charge is 0.364 e. The molecule has 0 aromatic heterocycles. The summed E-state index contributed by atoms with van der Waals surface area (Å²) in [5.74, 6) is -13.6. The van der Waals surface area contributed by atoms with Gasteiger partial charge in [-0.05, 0) is 0 Å². The van der Waals surface area contributed by atoms with Crippen LogP contribution in [0.1, 0.15) is 33.6 Å². The number of hydrogen-bond acceptors (Lipinski definition) is 35. The van der Waals surface area contributed by atoms with Crippen molar-refractivity contribution in [1.29, 1.82) is 0 Å². The third-order valence-corrected chi connectivity index (χ3v) is 15.6. The maximum Gasteiger partial charge on any atom is 0.364 e. The highest BCUT2D eigenvalue weighted by atomic mass is 16.8. The second-order valence-electron chi connectivity index (χ2n) is 21.9. The van der Waals surface area contributed by atoms with Gasteiger partial charge in [0, 0.05) is 33.6 Å². The first-order valence-electron chi connectivity index (χ1n) is 27.4. The van der Waals surface area contributed by atoms with Crippen molar-refractivity contribution in [2.45, 2.75) is 229 Å². The predicted molar refractivity (Wildman–Crippen MR) is 268 cm³/mol. The zero-order valence-corrected chi connectivity index (χ0v) is 46.9. The molecule has 0 aromatic rings. The lowest BCUT2D eigenvalue weighted by molar-refractivity contribution is -0.381. The Morgan fingerprint density at radius 3 is 1.44 bits per heavy atom. The van der Waals surface area contributed by atoms with Crippen molar-refractivity contribution in [1.82, 2.24) is 16.0 Å². The largest absolute Gasteiger partial charge is 0.477 e. The van der Waals surface area contributed by atoms with Crippen LogP contribution in [0.4, 0.5) is 0 Å². The van der Waals surface area contributed by atoms with E-state index in [-0.39, 0.29) is 0 Å². The SMILES string of the molecule is CC(=O)N[C@H]1[C@H](O[C@H]2[C@@H](O)[C@@H](CO)O[C@@H](O[C@H]3[C@H](O)[C@@H](O)[C@H](O)O[C@@H]3CO)[C@@H]2O)O[C@H](CO)[C@@H](O[C@@H]2O[C@H](CO[C@]3(C(=O)O)C[C@H](O)[C@@H](NC(C)=O)[C@H]([C@H](O)[C@@H](CO)O[C@]4(C(=O)O)C[C@H](O)[C@@H](NC(C)=O)[C@H]([C@H](O)[C@H](O)CO)O4)O3)[C@H](O)[C@H](O)[C@H]2O)[C@@H]1O. The van der Waals surface area contributed by atoms with Crippen LogP contribution in [-0.2, 0) is 76.1 Å². The first kappa shape index (κ1) is 73.2. The Labute approximate surface area is 496 Å². The molecule has 0 spiro atoms. The molecule has 6 saturated heterocycles. The number of carbonyl (C=O) groups excluding carboxylic acids is 3. The van der Waals surface area contributed by atoms with Gasteiger partial charge in [-0.25, -0.2) is 9.59 Å². The van der Waals surface area contributed by atoms with Crippen molar-refractivity contribution >= 4 is 29.7 Å². The Hall–Kier alpha value is -3.85. The highest BCUT2D eigenvalue weighted by molar-refractivity contribution is 5.77. The topological polar surface area (TPSA) is 648 Å². The standard InChI is InChI=1S/C48H79N3O37/c1-12(57)49-23-16(61)5-48(46(76)77,88-38(23)26(63)17(62)6-52)86-19(8-54)29(66)39-24(50-13(2)58)15(60)4-47(87-39,45(74)75)78-11-22-27(64)31(68)34(71)43(82-22)83-36-21(10-56)81-42(25(30(36)67)51-14(3)59)85-40-28(65)18(7-53)80-44(35(40)72)84-37-20(9-55)79-41(73)33(70)32(37)69/h15-44,52-56,60-73H,4-11H2,1-3H3,(H,49,57)(H,50,58)(H,51,59)(H,74,75)(H,76,77)/t15-,16-,17+,18+,19+,20+,21+,22+,23+,24+,25+,26+,27-,28-,29+,30+,31-,32+,33+,34+,35+,36+,37+,38+,39+,40-,41+,42-,43-,44-,47+,48+/m0/s1. The first-order chi connectivity index (χ1) is 41.2. The maximum atomic E-state index is 13.3. The van der Waals surface area contributed by atoms with Crippen LogP contribution < -0.4 is 16.0 Å². The quantitative estimate of drug-likeness (QED) is 0.0404. The van der Waals surface area contributed by atoms with Gasteiger partial charge in [0.05, 0.1) is 63.9 Å². The Kier molecular flexibility index (Phi) is 25.6. The molecule has 0 aliphatic carbocycles. The number of hydrogen-bond donors (Lipinski definition) is 24. The van der Waals surface area contributed by atoms with E-state index in [9.17, 15) is 131 Å². The molecular weight excluding hydrogens is 1210 g/mol. The molecule has 6 fully saturated rings. The fourth-order valence-electron chi connectivity index (χ4n) is 11.0. The minimum Gasteiger partial charge on any atom is -0.477 e. The molecule has 0 saturated carbocycles. The molecule has 6 aliphatic heterocycles. The minimum atomic E-state index is -3.27. The zero-order valence-electron chi connectivity index (χ0n) is 46.9. The summed E-state index contributed by atoms with van der Waals surface area (Å²) in [4.78, 5) is 63.5. The van der Waals surface area contributed by atoms with Crippen LogP contribution in [-0.4, -0.2) is 372 Å². The lowest BCUT2D eigenvalue weighted by atomic mass is 9.87. The summed E-state index contributed by atoms with van der Waals surface area (Å²) >= 11 is 0. The number of rotatable bonds is 25. The van der Waals surface area contributed by atoms with Crippen molar-refractivity contribution in [3.8, 4) is 0 Å². The molecule has 6 rings (SSSR count). The summed E-state index contributed by atoms with van der Waals surface area (Å²) in [5, 5.41) is 233. The highest BCUT2D eigenvalue weighted by Crippen LogP contribution is 2.40. The monoisotopic (exact) mass is 1290 g/mol. The number of carboxylic acid groups (broad SMARTS) is 2. The van der Waals surface area contributed by atoms with Gasteiger partial charge < -0.3 is 175 Å². The van der Waals surface area contributed by atoms with Crippen LogP contribution in [0.5, 0.6) is 0 Å². The van der Waals surface area contributed by atoms with Gasteiger partial charge in [0.15, 0.2) is 25.2 Å². The van der Waals surface area contributed by atoms with Crippen molar-refractivity contribution in [2.75, 3.05) is 39.6 Å². The number of ether oxygens (including phenoxy) is 11. The normalized spacial score (nSPS) is 44.6. The number of aliphatic hydroxyl groups excluding tert-OH is 19. The van der Waals surface area contributed by atoms with Crippen LogP contribution >= 0.6 is 0 Å². The van der Waals surface area contributed by atoms with E-state index in [4.69, 9.17) is 52.1 Å². The van der Waals surface area contributed by atoms with E-state index >= 15 is 0 Å². The van der Waals surface area contributed by atoms with Crippen molar-refractivity contribution in [3.63, 3.8) is 0 Å². The van der Waals surface area contributed by atoms with E-state index in [0.717, 1.165) is 20.8 Å². The molecule has 0 unspecified atom stereocenters. The van der Waals surface area contributed by atoms with Crippen LogP contribution in [0.3, 0.4) is 0 Å². The third kappa shape index (κ3) is 15.8. The number of carbonyl (C=O) groups is 5. The van der Waals surface area contributed by atoms with Gasteiger partial charge in [-0.3, -0.25) is 14.4 Å². The summed E-state index contributed by atoms with van der Waals surface area (Å²) in [6.45, 7) is -4.25. The third-order valence-electron chi connectivity index (χ3n) is 15.6. The molecule has 0 radical (unpaired) electrons. The fourth-order valence-corrected chi connectivity index (χ4v) is 11.0. The van der Waals surface area contributed by atoms with Crippen molar-refractivity contribution in [2.24, 2.45) is 0 Å². The van der Waals surface area contributed by atoms with E-state index in [2.05, 4.69) is 16.0 Å². The molecule has 3 amide bonds. The van der Waals surface area contributed by atoms with E-state index in [1.807, 2.05) is 0 Å². The number of carboxylic acids is 2. The zero-order chi connectivity index (χ0) is 65.8. The lowest BCUT2D eigenvalue weighted by Crippen LogP contribution is -2.71. The van der Waals surface area contributed by atoms with Crippen LogP contribution in [0.2, 0.25) is 0 Å². The summed E-state index contributed by atoms with van der Waals surface area (Å²) in [6.07, 6.45) is -59.4. The molecule has 40 nitrogen and oxygen atoms in total. The van der Waals surface area contributed by atoms with Gasteiger partial charge in [0.25, 0.3) is 11.6 Å². The summed E-state index contributed by atoms with van der Waals surface area (Å²) in [7, 11) is 0. The van der Waals surface area contributed by atoms with Gasteiger partial charge in [0.1, 0.15) is 134 Å². The average Bonchev–Trinajstić information content (AvgIpc) is 0.821. The molecule has 0 aromatic carbocycles. The minimum absolute atomic E-state index is 0.864. The number of aliphatic carboxylic acids is 2. The molecule has 88 heavy (non-hydrogen) atoms. The number of amides is 3. The van der Waals surface area contributed by atoms with E-state index < -0.39 is 277 Å². The molecular formula is C48H79N3O37. The van der Waals surface area contributed by atoms with Crippen LogP contribution in [0.25, 0.3) is 0 Å². The summed E-state index contributed by atoms with van der Waals surface area (Å²) in [5.41, 5.74) is 0. The second-order valence-corrected chi connectivity index (χ2v) is 21.9. The predicted octanol–water partition coefficient (Wildman–Crippen LogP) is -15.3. The van der Waals surface area contributed by atoms with Crippen molar-refractivity contribution in [3.05, 3.63) is 0 Å². The maximum absolute atomic E-state index is 13.3. The molecule has 40 heteroatoms. The molecule has 6 aliphatic rings. The van der Waals surface area contributed by atoms with Gasteiger partial charge in [-0.15, -0.1) is 0 Å². The van der Waals surface area contributed by atoms with Crippen LogP contribution in [0, 0.1) is 0 Å². The highest BCUT2D eigenvalue weighted by Gasteiger charge is 2.62. The van der Waals surface area contributed by atoms with E-state index in [1.165, 1.54) is 0 Å². The Morgan fingerprint density at radius 2 is 0.932 bits per heavy atom. The molecule has 24 N–H and O–H groups in total. The van der Waals surface area contributed by atoms with Gasteiger partial charge in [0.2, 0.25) is 17.7 Å².